The number of H-pyrrole nitrogens is 1. The highest BCUT2D eigenvalue weighted by Gasteiger charge is 2.71. The van der Waals surface area contributed by atoms with Crippen molar-refractivity contribution in [2.75, 3.05) is 0 Å². The van der Waals surface area contributed by atoms with E-state index in [2.05, 4.69) is 4.98 Å². The van der Waals surface area contributed by atoms with E-state index in [1.807, 2.05) is 0 Å². The SMILES string of the molecule is O=C(O)c1c[nH]c2c(C3(F)CC3F)c(C3(F)CC3F)c(C3(F)CC3F)c(O)c2c1=O. The van der Waals surface area contributed by atoms with E-state index in [1.54, 1.807) is 0 Å². The van der Waals surface area contributed by atoms with Gasteiger partial charge in [-0.1, -0.05) is 0 Å². The number of phenols is 1. The second-order valence-electron chi connectivity index (χ2n) is 8.16. The van der Waals surface area contributed by atoms with Crippen LogP contribution in [-0.2, 0) is 17.0 Å². The quantitative estimate of drug-likeness (QED) is 0.643. The van der Waals surface area contributed by atoms with Gasteiger partial charge >= 0.3 is 5.97 Å². The fraction of sp³-hybridized carbons (Fsp3) is 0.474. The van der Waals surface area contributed by atoms with Gasteiger partial charge in [-0.15, -0.1) is 0 Å². The van der Waals surface area contributed by atoms with E-state index in [0.717, 1.165) is 0 Å². The summed E-state index contributed by atoms with van der Waals surface area (Å²) in [4.78, 5) is 26.1. The lowest BCUT2D eigenvalue weighted by molar-refractivity contribution is 0.0695. The molecule has 6 atom stereocenters. The first-order valence-electron chi connectivity index (χ1n) is 9.06. The molecular weight excluding hydrogens is 420 g/mol. The number of rotatable bonds is 4. The molecule has 6 unspecified atom stereocenters. The van der Waals surface area contributed by atoms with E-state index in [9.17, 15) is 27.9 Å². The third-order valence-corrected chi connectivity index (χ3v) is 6.22. The number of halogens is 6. The summed E-state index contributed by atoms with van der Waals surface area (Å²) in [5, 5.41) is 18.8. The molecule has 0 radical (unpaired) electrons. The molecule has 2 aromatic rings. The van der Waals surface area contributed by atoms with Gasteiger partial charge in [0.15, 0.2) is 17.0 Å². The van der Waals surface area contributed by atoms with E-state index in [4.69, 9.17) is 5.11 Å². The first-order valence-corrected chi connectivity index (χ1v) is 9.06. The number of fused-ring (bicyclic) bond motifs is 1. The zero-order chi connectivity index (χ0) is 22.0. The average Bonchev–Trinajstić information content (AvgIpc) is 3.57. The Labute approximate surface area is 163 Å². The van der Waals surface area contributed by atoms with Gasteiger partial charge in [0.25, 0.3) is 0 Å². The lowest BCUT2D eigenvalue weighted by Gasteiger charge is -2.25. The number of phenolic OH excluding ortho intramolecular Hbond substituents is 1. The number of carboxylic acid groups (broad SMARTS) is 1. The summed E-state index contributed by atoms with van der Waals surface area (Å²) in [6, 6.07) is 0. The minimum atomic E-state index is -3.05. The number of alkyl halides is 6. The zero-order valence-corrected chi connectivity index (χ0v) is 14.9. The molecule has 160 valence electrons. The number of aromatic amines is 1. The molecule has 3 N–H and O–H groups in total. The number of carboxylic acids is 1. The van der Waals surface area contributed by atoms with Crippen LogP contribution in [0, 0.1) is 0 Å². The number of carbonyl (C=O) groups is 1. The molecule has 1 aromatic heterocycles. The molecule has 0 bridgehead atoms. The van der Waals surface area contributed by atoms with E-state index in [1.165, 1.54) is 0 Å². The third kappa shape index (κ3) is 2.15. The van der Waals surface area contributed by atoms with Crippen molar-refractivity contribution in [3.8, 4) is 5.75 Å². The average molecular weight is 433 g/mol. The number of hydrogen-bond acceptors (Lipinski definition) is 3. The number of nitrogens with one attached hydrogen (secondary N) is 1. The Kier molecular flexibility index (Phi) is 3.40. The molecule has 5 nitrogen and oxygen atoms in total. The topological polar surface area (TPSA) is 90.4 Å². The molecule has 11 heteroatoms. The number of benzene rings is 1. The summed E-state index contributed by atoms with van der Waals surface area (Å²) in [5.74, 6) is -3.06. The van der Waals surface area contributed by atoms with Gasteiger partial charge in [-0.3, -0.25) is 4.79 Å². The first-order chi connectivity index (χ1) is 13.9. The Morgan fingerprint density at radius 2 is 1.37 bits per heavy atom. The van der Waals surface area contributed by atoms with Crippen LogP contribution in [0.15, 0.2) is 11.0 Å². The highest BCUT2D eigenvalue weighted by molar-refractivity contribution is 5.98. The molecule has 0 saturated heterocycles. The van der Waals surface area contributed by atoms with Crippen molar-refractivity contribution in [1.29, 1.82) is 0 Å². The van der Waals surface area contributed by atoms with Gasteiger partial charge in [0.05, 0.1) is 10.9 Å². The molecule has 3 aliphatic rings. The normalized spacial score (nSPS) is 39.2. The molecule has 1 aromatic carbocycles. The maximum absolute atomic E-state index is 15.3. The highest BCUT2D eigenvalue weighted by atomic mass is 19.2. The predicted molar refractivity (Wildman–Crippen MR) is 90.1 cm³/mol. The Bertz CT molecular complexity index is 1220. The van der Waals surface area contributed by atoms with E-state index < -0.39 is 105 Å². The fourth-order valence-corrected chi connectivity index (χ4v) is 4.22. The van der Waals surface area contributed by atoms with Crippen LogP contribution in [0.5, 0.6) is 5.75 Å². The Hall–Kier alpha value is -2.72. The maximum atomic E-state index is 15.3. The number of aromatic hydroxyl groups is 1. The Morgan fingerprint density at radius 3 is 1.80 bits per heavy atom. The van der Waals surface area contributed by atoms with Crippen LogP contribution in [0.4, 0.5) is 26.3 Å². The Morgan fingerprint density at radius 1 is 0.933 bits per heavy atom. The van der Waals surface area contributed by atoms with Gasteiger partial charge in [-0.05, 0) is 0 Å². The van der Waals surface area contributed by atoms with E-state index >= 15 is 13.2 Å². The maximum Gasteiger partial charge on any atom is 0.341 e. The van der Waals surface area contributed by atoms with Crippen LogP contribution in [-0.4, -0.2) is 39.7 Å². The van der Waals surface area contributed by atoms with Crippen molar-refractivity contribution in [2.45, 2.75) is 54.8 Å². The second kappa shape index (κ2) is 5.30. The number of aromatic nitrogens is 1. The molecule has 3 aliphatic carbocycles. The van der Waals surface area contributed by atoms with Gasteiger partial charge in [0.2, 0.25) is 5.43 Å². The molecule has 0 amide bonds. The molecule has 30 heavy (non-hydrogen) atoms. The molecule has 0 aliphatic heterocycles. The van der Waals surface area contributed by atoms with Crippen LogP contribution < -0.4 is 5.43 Å². The molecule has 5 rings (SSSR count). The summed E-state index contributed by atoms with van der Waals surface area (Å²) in [7, 11) is 0. The summed E-state index contributed by atoms with van der Waals surface area (Å²) in [6.45, 7) is 0. The summed E-state index contributed by atoms with van der Waals surface area (Å²) < 4.78 is 87.6. The monoisotopic (exact) mass is 433 g/mol. The van der Waals surface area contributed by atoms with Gasteiger partial charge in [0.1, 0.15) is 29.8 Å². The highest BCUT2D eigenvalue weighted by Crippen LogP contribution is 2.67. The number of pyridine rings is 1. The van der Waals surface area contributed by atoms with Crippen LogP contribution in [0.3, 0.4) is 0 Å². The van der Waals surface area contributed by atoms with Crippen LogP contribution in [0.25, 0.3) is 10.9 Å². The summed E-state index contributed by atoms with van der Waals surface area (Å²) in [6.07, 6.45) is -8.61. The molecule has 3 fully saturated rings. The molecule has 3 saturated carbocycles. The van der Waals surface area contributed by atoms with E-state index in [-0.39, 0.29) is 0 Å². The summed E-state index contributed by atoms with van der Waals surface area (Å²) >= 11 is 0. The minimum Gasteiger partial charge on any atom is -0.507 e. The number of hydrogen-bond donors (Lipinski definition) is 3. The first kappa shape index (κ1) is 19.3. The van der Waals surface area contributed by atoms with Crippen LogP contribution >= 0.6 is 0 Å². The van der Waals surface area contributed by atoms with Gasteiger partial charge in [-0.25, -0.2) is 31.1 Å². The molecular formula is C19H13F6NO4. The standard InChI is InChI=1S/C19H13F6NO4/c20-6-1-17(6,23)10-11(18(24)2-7(18)21)13-9(14(27)5(4-26-13)16(29)30)15(28)12(10)19(25)3-8(19)22/h4,6-8,28H,1-3H2,(H,26,27)(H,29,30). The largest absolute Gasteiger partial charge is 0.507 e. The van der Waals surface area contributed by atoms with Crippen LogP contribution in [0.2, 0.25) is 0 Å². The van der Waals surface area contributed by atoms with E-state index in [0.29, 0.717) is 6.20 Å². The smallest absolute Gasteiger partial charge is 0.341 e. The van der Waals surface area contributed by atoms with Crippen molar-refractivity contribution in [2.24, 2.45) is 0 Å². The van der Waals surface area contributed by atoms with Gasteiger partial charge < -0.3 is 15.2 Å². The Balaban J connectivity index is 2.00. The van der Waals surface area contributed by atoms with Crippen molar-refractivity contribution in [3.63, 3.8) is 0 Å². The predicted octanol–water partition coefficient (Wildman–Crippen LogP) is 3.65. The van der Waals surface area contributed by atoms with Crippen molar-refractivity contribution < 1.29 is 41.4 Å². The van der Waals surface area contributed by atoms with Gasteiger partial charge in [0, 0.05) is 42.1 Å². The minimum absolute atomic E-state index is 0.628. The molecule has 1 heterocycles. The van der Waals surface area contributed by atoms with Gasteiger partial charge in [-0.2, -0.15) is 0 Å². The second-order valence-corrected chi connectivity index (χ2v) is 8.16. The summed E-state index contributed by atoms with van der Waals surface area (Å²) in [5.41, 5.74) is -15.1. The lowest BCUT2D eigenvalue weighted by atomic mass is 9.84. The third-order valence-electron chi connectivity index (χ3n) is 6.22. The lowest BCUT2D eigenvalue weighted by Crippen LogP contribution is -2.24. The fourth-order valence-electron chi connectivity index (χ4n) is 4.22. The van der Waals surface area contributed by atoms with Crippen molar-refractivity contribution in [3.05, 3.63) is 38.7 Å². The van der Waals surface area contributed by atoms with Crippen molar-refractivity contribution >= 4 is 16.9 Å². The molecule has 0 spiro atoms. The van der Waals surface area contributed by atoms with Crippen molar-refractivity contribution in [1.82, 2.24) is 4.98 Å². The zero-order valence-electron chi connectivity index (χ0n) is 14.9. The number of aromatic carboxylic acids is 1. The van der Waals surface area contributed by atoms with Crippen LogP contribution in [0.1, 0.15) is 46.3 Å².